The molecule has 3 N–H and O–H groups in total. The molecule has 8 nitrogen and oxygen atoms in total. The molecule has 8 heteroatoms. The fourth-order valence-electron chi connectivity index (χ4n) is 3.11. The zero-order valence-electron chi connectivity index (χ0n) is 16.3. The van der Waals surface area contributed by atoms with E-state index in [1.807, 2.05) is 48.7 Å². The number of benzene rings is 2. The molecule has 0 atom stereocenters. The number of fused-ring (bicyclic) bond motifs is 1. The third-order valence-electron chi connectivity index (χ3n) is 4.53. The molecular weight excluding hydrogens is 370 g/mol. The van der Waals surface area contributed by atoms with Crippen molar-refractivity contribution in [2.24, 2.45) is 0 Å². The van der Waals surface area contributed by atoms with Gasteiger partial charge in [-0.1, -0.05) is 12.1 Å². The van der Waals surface area contributed by atoms with Gasteiger partial charge in [-0.05, 0) is 23.8 Å². The maximum absolute atomic E-state index is 5.79. The van der Waals surface area contributed by atoms with Gasteiger partial charge in [0, 0.05) is 35.3 Å². The van der Waals surface area contributed by atoms with Crippen molar-refractivity contribution in [1.82, 2.24) is 14.6 Å². The Morgan fingerprint density at radius 3 is 2.24 bits per heavy atom. The summed E-state index contributed by atoms with van der Waals surface area (Å²) in [5.74, 6) is 2.30. The van der Waals surface area contributed by atoms with Gasteiger partial charge < -0.3 is 25.3 Å². The first-order valence-electron chi connectivity index (χ1n) is 8.90. The molecule has 0 aliphatic rings. The minimum Gasteiger partial charge on any atom is -0.493 e. The summed E-state index contributed by atoms with van der Waals surface area (Å²) in [4.78, 5) is 4.73. The smallest absolute Gasteiger partial charge is 0.203 e. The molecule has 148 valence electrons. The summed E-state index contributed by atoms with van der Waals surface area (Å²) in [7, 11) is 4.73. The number of rotatable bonds is 6. The van der Waals surface area contributed by atoms with E-state index in [2.05, 4.69) is 10.4 Å². The molecule has 2 aromatic carbocycles. The first kappa shape index (κ1) is 18.4. The summed E-state index contributed by atoms with van der Waals surface area (Å²) < 4.78 is 17.9. The van der Waals surface area contributed by atoms with Gasteiger partial charge in [-0.2, -0.15) is 5.10 Å². The highest BCUT2D eigenvalue weighted by Gasteiger charge is 2.14. The monoisotopic (exact) mass is 391 g/mol. The zero-order chi connectivity index (χ0) is 20.4. The lowest BCUT2D eigenvalue weighted by molar-refractivity contribution is 0.324. The molecule has 0 fully saturated rings. The van der Waals surface area contributed by atoms with Crippen molar-refractivity contribution in [2.45, 2.75) is 0 Å². The molecule has 29 heavy (non-hydrogen) atoms. The molecule has 0 amide bonds. The quantitative estimate of drug-likeness (QED) is 0.483. The average molecular weight is 391 g/mol. The second-order valence-corrected chi connectivity index (χ2v) is 6.30. The van der Waals surface area contributed by atoms with Crippen LogP contribution in [0.25, 0.3) is 16.8 Å². The number of nitrogens with one attached hydrogen (secondary N) is 1. The number of nitrogens with two attached hydrogens (primary N) is 1. The number of hydrogen-bond donors (Lipinski definition) is 2. The van der Waals surface area contributed by atoms with Gasteiger partial charge in [0.15, 0.2) is 17.1 Å². The molecule has 2 heterocycles. The van der Waals surface area contributed by atoms with Crippen molar-refractivity contribution in [1.29, 1.82) is 0 Å². The summed E-state index contributed by atoms with van der Waals surface area (Å²) >= 11 is 0. The van der Waals surface area contributed by atoms with Crippen molar-refractivity contribution < 1.29 is 14.2 Å². The van der Waals surface area contributed by atoms with Crippen molar-refractivity contribution in [2.75, 3.05) is 32.4 Å². The normalized spacial score (nSPS) is 10.7. The molecule has 0 bridgehead atoms. The number of nitrogen functional groups attached to an aromatic ring is 1. The van der Waals surface area contributed by atoms with Crippen LogP contribution in [0.5, 0.6) is 17.2 Å². The molecule has 0 unspecified atom stereocenters. The maximum Gasteiger partial charge on any atom is 0.203 e. The molecule has 4 aromatic rings. The van der Waals surface area contributed by atoms with Crippen LogP contribution in [0.3, 0.4) is 0 Å². The van der Waals surface area contributed by atoms with Gasteiger partial charge in [0.25, 0.3) is 0 Å². The van der Waals surface area contributed by atoms with Crippen LogP contribution in [0.15, 0.2) is 54.9 Å². The molecule has 4 rings (SSSR count). The molecule has 0 spiro atoms. The van der Waals surface area contributed by atoms with Gasteiger partial charge in [-0.25, -0.2) is 9.50 Å². The Labute approximate surface area is 167 Å². The predicted molar refractivity (Wildman–Crippen MR) is 112 cm³/mol. The van der Waals surface area contributed by atoms with E-state index in [1.165, 1.54) is 0 Å². The third kappa shape index (κ3) is 3.47. The zero-order valence-corrected chi connectivity index (χ0v) is 16.3. The van der Waals surface area contributed by atoms with Crippen molar-refractivity contribution >= 4 is 22.8 Å². The highest BCUT2D eigenvalue weighted by atomic mass is 16.5. The summed E-state index contributed by atoms with van der Waals surface area (Å²) in [6, 6.07) is 13.1. The van der Waals surface area contributed by atoms with E-state index >= 15 is 0 Å². The third-order valence-corrected chi connectivity index (χ3v) is 4.53. The summed E-state index contributed by atoms with van der Waals surface area (Å²) in [5, 5.41) is 7.67. The number of aromatic nitrogens is 3. The van der Waals surface area contributed by atoms with Gasteiger partial charge in [0.2, 0.25) is 5.75 Å². The van der Waals surface area contributed by atoms with Crippen LogP contribution in [-0.4, -0.2) is 35.9 Å². The first-order valence-corrected chi connectivity index (χ1v) is 8.90. The summed E-state index contributed by atoms with van der Waals surface area (Å²) in [6.07, 6.45) is 3.64. The fraction of sp³-hybridized carbons (Fsp3) is 0.143. The average Bonchev–Trinajstić information content (AvgIpc) is 3.16. The Bertz CT molecular complexity index is 1130. The second kappa shape index (κ2) is 7.59. The lowest BCUT2D eigenvalue weighted by Gasteiger charge is -2.15. The lowest BCUT2D eigenvalue weighted by Crippen LogP contribution is -2.00. The van der Waals surface area contributed by atoms with Crippen LogP contribution in [-0.2, 0) is 0 Å². The van der Waals surface area contributed by atoms with Crippen molar-refractivity contribution in [3.05, 3.63) is 54.9 Å². The van der Waals surface area contributed by atoms with Crippen LogP contribution >= 0.6 is 0 Å². The minimum atomic E-state index is 0.533. The fourth-order valence-corrected chi connectivity index (χ4v) is 3.11. The number of methoxy groups -OCH3 is 3. The summed E-state index contributed by atoms with van der Waals surface area (Å²) in [6.45, 7) is 0. The van der Waals surface area contributed by atoms with Crippen LogP contribution in [0, 0.1) is 0 Å². The maximum atomic E-state index is 5.79. The van der Waals surface area contributed by atoms with E-state index in [0.29, 0.717) is 28.8 Å². The Kier molecular flexibility index (Phi) is 4.82. The van der Waals surface area contributed by atoms with E-state index in [1.54, 1.807) is 32.0 Å². The number of ether oxygens (including phenoxy) is 3. The van der Waals surface area contributed by atoms with Gasteiger partial charge >= 0.3 is 0 Å². The van der Waals surface area contributed by atoms with Crippen molar-refractivity contribution in [3.63, 3.8) is 0 Å². The van der Waals surface area contributed by atoms with E-state index in [9.17, 15) is 0 Å². The van der Waals surface area contributed by atoms with Gasteiger partial charge in [0.1, 0.15) is 5.82 Å². The molecule has 0 saturated heterocycles. The number of hydrogen-bond acceptors (Lipinski definition) is 7. The first-order chi connectivity index (χ1) is 14.1. The van der Waals surface area contributed by atoms with Crippen molar-refractivity contribution in [3.8, 4) is 28.4 Å². The molecule has 0 aliphatic carbocycles. The van der Waals surface area contributed by atoms with Crippen LogP contribution < -0.4 is 25.3 Å². The standard InChI is InChI=1S/C21H21N5O3/c1-27-17-10-15(11-18(28-2)20(17)29-3)24-19-8-9-26-21(25-19)16(12-23-26)13-4-6-14(22)7-5-13/h4-12H,22H2,1-3H3,(H,24,25). The molecule has 2 aromatic heterocycles. The highest BCUT2D eigenvalue weighted by Crippen LogP contribution is 2.40. The Morgan fingerprint density at radius 2 is 1.62 bits per heavy atom. The van der Waals surface area contributed by atoms with E-state index in [-0.39, 0.29) is 0 Å². The Morgan fingerprint density at radius 1 is 0.931 bits per heavy atom. The van der Waals surface area contributed by atoms with Crippen LogP contribution in [0.4, 0.5) is 17.2 Å². The van der Waals surface area contributed by atoms with Gasteiger partial charge in [0.05, 0.1) is 27.5 Å². The minimum absolute atomic E-state index is 0.533. The Hall–Kier alpha value is -3.94. The SMILES string of the molecule is COc1cc(Nc2ccn3ncc(-c4ccc(N)cc4)c3n2)cc(OC)c1OC. The summed E-state index contributed by atoms with van der Waals surface area (Å²) in [5.41, 5.74) is 9.90. The van der Waals surface area contributed by atoms with Gasteiger partial charge in [-0.3, -0.25) is 0 Å². The topological polar surface area (TPSA) is 95.9 Å². The van der Waals surface area contributed by atoms with Gasteiger partial charge in [-0.15, -0.1) is 0 Å². The largest absolute Gasteiger partial charge is 0.493 e. The Balaban J connectivity index is 1.72. The molecule has 0 aliphatic heterocycles. The predicted octanol–water partition coefficient (Wildman–Crippen LogP) is 3.75. The van der Waals surface area contributed by atoms with E-state index < -0.39 is 0 Å². The highest BCUT2D eigenvalue weighted by molar-refractivity contribution is 5.79. The second-order valence-electron chi connectivity index (χ2n) is 6.30. The molecule has 0 saturated carbocycles. The molecule has 0 radical (unpaired) electrons. The van der Waals surface area contributed by atoms with Crippen LogP contribution in [0.2, 0.25) is 0 Å². The number of anilines is 3. The van der Waals surface area contributed by atoms with E-state index in [0.717, 1.165) is 22.5 Å². The van der Waals surface area contributed by atoms with E-state index in [4.69, 9.17) is 24.9 Å². The molecular formula is C21H21N5O3. The lowest BCUT2D eigenvalue weighted by atomic mass is 10.1. The van der Waals surface area contributed by atoms with Crippen LogP contribution in [0.1, 0.15) is 0 Å². The number of nitrogens with zero attached hydrogens (tertiary/aromatic N) is 3.